The summed E-state index contributed by atoms with van der Waals surface area (Å²) in [5.74, 6) is -1.77. The van der Waals surface area contributed by atoms with Gasteiger partial charge in [-0.15, -0.1) is 0 Å². The number of rotatable bonds is 5. The van der Waals surface area contributed by atoms with Crippen LogP contribution in [0.4, 0.5) is 11.4 Å². The Hall–Kier alpha value is -4.10. The topological polar surface area (TPSA) is 126 Å². The van der Waals surface area contributed by atoms with E-state index in [2.05, 4.69) is 10.6 Å². The fourth-order valence-electron chi connectivity index (χ4n) is 1.93. The molecule has 0 bridgehead atoms. The van der Waals surface area contributed by atoms with Crippen molar-refractivity contribution in [2.24, 2.45) is 0 Å². The number of carboxylic acids is 1. The van der Waals surface area contributed by atoms with E-state index in [0.717, 1.165) is 0 Å². The quantitative estimate of drug-likeness (QED) is 0.571. The van der Waals surface area contributed by atoms with Gasteiger partial charge in [0.25, 0.3) is 5.91 Å². The SMILES string of the molecule is N#C/C(=C/Nc1cccc(C(=O)O)c1)C(=O)Nc1ccccc1C#N. The number of carbonyl (C=O) groups excluding carboxylic acids is 1. The van der Waals surface area contributed by atoms with Gasteiger partial charge in [0.15, 0.2) is 0 Å². The summed E-state index contributed by atoms with van der Waals surface area (Å²) in [5.41, 5.74) is 0.829. The third-order valence-corrected chi connectivity index (χ3v) is 3.15. The first-order chi connectivity index (χ1) is 12.0. The highest BCUT2D eigenvalue weighted by Gasteiger charge is 2.11. The van der Waals surface area contributed by atoms with Crippen LogP contribution in [0.5, 0.6) is 0 Å². The maximum atomic E-state index is 12.2. The standard InChI is InChI=1S/C18H12N4O3/c19-9-13-4-1-2-7-16(13)22-17(23)14(10-20)11-21-15-6-3-5-12(8-15)18(24)25/h1-8,11,21H,(H,22,23)(H,24,25)/b14-11-. The maximum absolute atomic E-state index is 12.2. The zero-order valence-electron chi connectivity index (χ0n) is 12.9. The molecule has 0 fully saturated rings. The minimum atomic E-state index is -1.08. The van der Waals surface area contributed by atoms with Gasteiger partial charge in [0, 0.05) is 11.9 Å². The minimum absolute atomic E-state index is 0.0734. The van der Waals surface area contributed by atoms with E-state index in [1.165, 1.54) is 24.4 Å². The van der Waals surface area contributed by atoms with Gasteiger partial charge in [-0.05, 0) is 30.3 Å². The van der Waals surface area contributed by atoms with E-state index in [9.17, 15) is 9.59 Å². The van der Waals surface area contributed by atoms with Crippen LogP contribution >= 0.6 is 0 Å². The summed E-state index contributed by atoms with van der Waals surface area (Å²) in [6.07, 6.45) is 1.17. The summed E-state index contributed by atoms with van der Waals surface area (Å²) >= 11 is 0. The first kappa shape index (κ1) is 17.3. The summed E-state index contributed by atoms with van der Waals surface area (Å²) in [4.78, 5) is 23.1. The van der Waals surface area contributed by atoms with E-state index >= 15 is 0 Å². The van der Waals surface area contributed by atoms with Crippen LogP contribution in [0.15, 0.2) is 60.3 Å². The number of benzene rings is 2. The van der Waals surface area contributed by atoms with Crippen molar-refractivity contribution in [3.05, 3.63) is 71.4 Å². The third-order valence-electron chi connectivity index (χ3n) is 3.15. The fraction of sp³-hybridized carbons (Fsp3) is 0. The van der Waals surface area contributed by atoms with Crippen LogP contribution in [0.2, 0.25) is 0 Å². The molecule has 0 radical (unpaired) electrons. The van der Waals surface area contributed by atoms with Crippen molar-refractivity contribution in [3.63, 3.8) is 0 Å². The molecular formula is C18H12N4O3. The second-order valence-corrected chi connectivity index (χ2v) is 4.81. The number of aromatic carboxylic acids is 1. The molecule has 0 saturated carbocycles. The van der Waals surface area contributed by atoms with Gasteiger partial charge in [-0.25, -0.2) is 4.79 Å². The smallest absolute Gasteiger partial charge is 0.335 e. The molecule has 7 nitrogen and oxygen atoms in total. The van der Waals surface area contributed by atoms with E-state index in [0.29, 0.717) is 11.4 Å². The molecule has 2 aromatic rings. The van der Waals surface area contributed by atoms with Crippen molar-refractivity contribution in [2.75, 3.05) is 10.6 Å². The van der Waals surface area contributed by atoms with E-state index < -0.39 is 11.9 Å². The second-order valence-electron chi connectivity index (χ2n) is 4.81. The first-order valence-electron chi connectivity index (χ1n) is 7.06. The number of anilines is 2. The lowest BCUT2D eigenvalue weighted by atomic mass is 10.2. The average molecular weight is 332 g/mol. The molecule has 0 aliphatic rings. The zero-order chi connectivity index (χ0) is 18.2. The Morgan fingerprint density at radius 1 is 1.08 bits per heavy atom. The first-order valence-corrected chi connectivity index (χ1v) is 7.06. The Kier molecular flexibility index (Phi) is 5.49. The molecule has 0 saturated heterocycles. The molecule has 25 heavy (non-hydrogen) atoms. The normalized spacial score (nSPS) is 10.2. The molecule has 0 aromatic heterocycles. The van der Waals surface area contributed by atoms with Crippen molar-refractivity contribution in [1.82, 2.24) is 0 Å². The highest BCUT2D eigenvalue weighted by Crippen LogP contribution is 2.15. The largest absolute Gasteiger partial charge is 0.478 e. The third kappa shape index (κ3) is 4.44. The number of carbonyl (C=O) groups is 2. The summed E-state index contributed by atoms with van der Waals surface area (Å²) < 4.78 is 0. The van der Waals surface area contributed by atoms with E-state index in [4.69, 9.17) is 15.6 Å². The number of amides is 1. The summed E-state index contributed by atoms with van der Waals surface area (Å²) in [6.45, 7) is 0. The molecular weight excluding hydrogens is 320 g/mol. The number of hydrogen-bond donors (Lipinski definition) is 3. The predicted molar refractivity (Wildman–Crippen MR) is 90.5 cm³/mol. The van der Waals surface area contributed by atoms with Crippen molar-refractivity contribution < 1.29 is 14.7 Å². The molecule has 0 heterocycles. The van der Waals surface area contributed by atoms with Gasteiger partial charge in [0.1, 0.15) is 17.7 Å². The summed E-state index contributed by atoms with van der Waals surface area (Å²) in [7, 11) is 0. The molecule has 0 spiro atoms. The highest BCUT2D eigenvalue weighted by molar-refractivity contribution is 6.07. The molecule has 1 amide bonds. The maximum Gasteiger partial charge on any atom is 0.335 e. The van der Waals surface area contributed by atoms with Gasteiger partial charge in [-0.3, -0.25) is 4.79 Å². The molecule has 2 rings (SSSR count). The Balaban J connectivity index is 2.16. The van der Waals surface area contributed by atoms with Crippen LogP contribution in [-0.4, -0.2) is 17.0 Å². The van der Waals surface area contributed by atoms with Crippen molar-refractivity contribution in [1.29, 1.82) is 10.5 Å². The number of nitrogens with zero attached hydrogens (tertiary/aromatic N) is 2. The lowest BCUT2D eigenvalue weighted by Gasteiger charge is -2.07. The van der Waals surface area contributed by atoms with Crippen LogP contribution in [0, 0.1) is 22.7 Å². The van der Waals surface area contributed by atoms with Gasteiger partial charge in [0.05, 0.1) is 16.8 Å². The Morgan fingerprint density at radius 3 is 2.52 bits per heavy atom. The van der Waals surface area contributed by atoms with E-state index in [1.807, 2.05) is 6.07 Å². The fourth-order valence-corrected chi connectivity index (χ4v) is 1.93. The molecule has 122 valence electrons. The van der Waals surface area contributed by atoms with Gasteiger partial charge >= 0.3 is 5.97 Å². The number of para-hydroxylation sites is 1. The average Bonchev–Trinajstić information content (AvgIpc) is 2.63. The Bertz CT molecular complexity index is 936. The minimum Gasteiger partial charge on any atom is -0.478 e. The van der Waals surface area contributed by atoms with Gasteiger partial charge in [0.2, 0.25) is 0 Å². The molecule has 0 aliphatic carbocycles. The van der Waals surface area contributed by atoms with Gasteiger partial charge in [-0.2, -0.15) is 10.5 Å². The molecule has 0 unspecified atom stereocenters. The lowest BCUT2D eigenvalue weighted by molar-refractivity contribution is -0.112. The van der Waals surface area contributed by atoms with Crippen LogP contribution < -0.4 is 10.6 Å². The van der Waals surface area contributed by atoms with Gasteiger partial charge in [-0.1, -0.05) is 18.2 Å². The number of hydrogen-bond acceptors (Lipinski definition) is 5. The highest BCUT2D eigenvalue weighted by atomic mass is 16.4. The molecule has 7 heteroatoms. The van der Waals surface area contributed by atoms with Crippen molar-refractivity contribution >= 4 is 23.3 Å². The van der Waals surface area contributed by atoms with Crippen molar-refractivity contribution in [3.8, 4) is 12.1 Å². The Morgan fingerprint density at radius 2 is 1.84 bits per heavy atom. The van der Waals surface area contributed by atoms with Crippen LogP contribution in [0.1, 0.15) is 15.9 Å². The molecule has 0 aliphatic heterocycles. The van der Waals surface area contributed by atoms with Crippen LogP contribution in [0.3, 0.4) is 0 Å². The Labute approximate surface area is 143 Å². The van der Waals surface area contributed by atoms with Crippen molar-refractivity contribution in [2.45, 2.75) is 0 Å². The molecule has 3 N–H and O–H groups in total. The predicted octanol–water partition coefficient (Wildman–Crippen LogP) is 2.71. The number of carboxylic acid groups (broad SMARTS) is 1. The number of nitriles is 2. The second kappa shape index (κ2) is 7.95. The number of nitrogens with one attached hydrogen (secondary N) is 2. The van der Waals surface area contributed by atoms with Crippen LogP contribution in [-0.2, 0) is 4.79 Å². The molecule has 2 aromatic carbocycles. The van der Waals surface area contributed by atoms with E-state index in [1.54, 1.807) is 36.4 Å². The summed E-state index contributed by atoms with van der Waals surface area (Å²) in [5, 5.41) is 32.3. The monoisotopic (exact) mass is 332 g/mol. The van der Waals surface area contributed by atoms with E-state index in [-0.39, 0.29) is 16.7 Å². The molecule has 0 atom stereocenters. The van der Waals surface area contributed by atoms with Gasteiger partial charge < -0.3 is 15.7 Å². The van der Waals surface area contributed by atoms with Crippen LogP contribution in [0.25, 0.3) is 0 Å². The lowest BCUT2D eigenvalue weighted by Crippen LogP contribution is -2.15. The summed E-state index contributed by atoms with van der Waals surface area (Å²) in [6, 6.07) is 16.0. The zero-order valence-corrected chi connectivity index (χ0v) is 12.9.